The maximum atomic E-state index is 13.6. The molecule has 0 atom stereocenters. The zero-order valence-electron chi connectivity index (χ0n) is 14.5. The normalized spacial score (nSPS) is 12.1. The monoisotopic (exact) mass is 396 g/mol. The summed E-state index contributed by atoms with van der Waals surface area (Å²) in [5, 5.41) is 4.82. The number of aromatic nitrogens is 2. The molecule has 0 saturated heterocycles. The van der Waals surface area contributed by atoms with E-state index >= 15 is 0 Å². The Kier molecular flexibility index (Phi) is 4.52. The second-order valence-electron chi connectivity index (χ2n) is 6.10. The van der Waals surface area contributed by atoms with Gasteiger partial charge in [-0.15, -0.1) is 0 Å². The maximum absolute atomic E-state index is 13.6. The van der Waals surface area contributed by atoms with Gasteiger partial charge in [-0.05, 0) is 29.8 Å². The van der Waals surface area contributed by atoms with Crippen molar-refractivity contribution >= 4 is 33.1 Å². The number of benzene rings is 3. The molecule has 28 heavy (non-hydrogen) atoms. The van der Waals surface area contributed by atoms with E-state index in [1.54, 1.807) is 30.3 Å². The topological polar surface area (TPSA) is 52.0 Å². The lowest BCUT2D eigenvalue weighted by molar-refractivity contribution is 0.561. The van der Waals surface area contributed by atoms with Crippen molar-refractivity contribution < 1.29 is 17.2 Å². The number of hydrogen-bond acceptors (Lipinski definition) is 3. The SMILES string of the molecule is O=S(=O)(c1cc(F)cc(F)c1)n1nc(C=Cc2ccccc2)c2ccccc21. The van der Waals surface area contributed by atoms with Crippen LogP contribution in [-0.2, 0) is 10.0 Å². The van der Waals surface area contributed by atoms with Crippen LogP contribution in [0.3, 0.4) is 0 Å². The molecule has 0 aliphatic heterocycles. The summed E-state index contributed by atoms with van der Waals surface area (Å²) in [4.78, 5) is -0.503. The zero-order valence-corrected chi connectivity index (χ0v) is 15.3. The van der Waals surface area contributed by atoms with Gasteiger partial charge in [-0.1, -0.05) is 54.6 Å². The highest BCUT2D eigenvalue weighted by Crippen LogP contribution is 2.25. The van der Waals surface area contributed by atoms with Gasteiger partial charge in [0, 0.05) is 11.5 Å². The molecule has 140 valence electrons. The fraction of sp³-hybridized carbons (Fsp3) is 0. The van der Waals surface area contributed by atoms with Gasteiger partial charge in [0.25, 0.3) is 10.0 Å². The molecule has 1 heterocycles. The number of rotatable bonds is 4. The summed E-state index contributed by atoms with van der Waals surface area (Å²) in [5.41, 5.74) is 1.68. The minimum Gasteiger partial charge on any atom is -0.207 e. The van der Waals surface area contributed by atoms with E-state index in [0.717, 1.165) is 21.8 Å². The summed E-state index contributed by atoms with van der Waals surface area (Å²) in [6, 6.07) is 18.4. The van der Waals surface area contributed by atoms with E-state index in [1.807, 2.05) is 36.4 Å². The van der Waals surface area contributed by atoms with Gasteiger partial charge in [-0.25, -0.2) is 8.78 Å². The molecule has 0 radical (unpaired) electrons. The molecule has 0 bridgehead atoms. The molecule has 4 rings (SSSR count). The van der Waals surface area contributed by atoms with E-state index in [0.29, 0.717) is 22.7 Å². The standard InChI is InChI=1S/C21H14F2N2O2S/c22-16-12-17(23)14-18(13-16)28(26,27)25-21-9-5-4-8-19(21)20(24-25)11-10-15-6-2-1-3-7-15/h1-14H. The third-order valence-electron chi connectivity index (χ3n) is 4.18. The molecule has 0 aliphatic rings. The Morgan fingerprint density at radius 3 is 2.18 bits per heavy atom. The number of para-hydroxylation sites is 1. The molecule has 1 aromatic heterocycles. The Balaban J connectivity index is 1.87. The molecule has 0 N–H and O–H groups in total. The Labute approximate surface area is 160 Å². The van der Waals surface area contributed by atoms with E-state index in [4.69, 9.17) is 0 Å². The molecule has 0 aliphatic carbocycles. The first-order valence-electron chi connectivity index (χ1n) is 8.38. The van der Waals surface area contributed by atoms with Crippen molar-refractivity contribution in [3.05, 3.63) is 95.7 Å². The van der Waals surface area contributed by atoms with Crippen LogP contribution < -0.4 is 0 Å². The van der Waals surface area contributed by atoms with Crippen LogP contribution in [0.2, 0.25) is 0 Å². The highest BCUT2D eigenvalue weighted by atomic mass is 32.2. The van der Waals surface area contributed by atoms with Gasteiger partial charge >= 0.3 is 0 Å². The van der Waals surface area contributed by atoms with Crippen LogP contribution in [0.5, 0.6) is 0 Å². The van der Waals surface area contributed by atoms with Crippen molar-refractivity contribution in [2.24, 2.45) is 0 Å². The highest BCUT2D eigenvalue weighted by Gasteiger charge is 2.23. The van der Waals surface area contributed by atoms with Crippen molar-refractivity contribution in [2.75, 3.05) is 0 Å². The summed E-state index contributed by atoms with van der Waals surface area (Å²) in [7, 11) is -4.28. The number of hydrogen-bond donors (Lipinski definition) is 0. The third-order valence-corrected chi connectivity index (χ3v) is 5.74. The number of nitrogens with zero attached hydrogens (tertiary/aromatic N) is 2. The fourth-order valence-electron chi connectivity index (χ4n) is 2.89. The molecule has 0 spiro atoms. The lowest BCUT2D eigenvalue weighted by Crippen LogP contribution is -2.15. The van der Waals surface area contributed by atoms with Gasteiger partial charge < -0.3 is 0 Å². The lowest BCUT2D eigenvalue weighted by Gasteiger charge is -2.06. The quantitative estimate of drug-likeness (QED) is 0.501. The predicted octanol–water partition coefficient (Wildman–Crippen LogP) is 4.72. The second-order valence-corrected chi connectivity index (χ2v) is 7.87. The minimum atomic E-state index is -4.28. The van der Waals surface area contributed by atoms with Gasteiger partial charge in [0.15, 0.2) is 0 Å². The number of fused-ring (bicyclic) bond motifs is 1. The maximum Gasteiger partial charge on any atom is 0.283 e. The fourth-order valence-corrected chi connectivity index (χ4v) is 4.22. The van der Waals surface area contributed by atoms with Crippen LogP contribution >= 0.6 is 0 Å². The van der Waals surface area contributed by atoms with Gasteiger partial charge in [-0.2, -0.15) is 17.6 Å². The largest absolute Gasteiger partial charge is 0.283 e. The summed E-state index contributed by atoms with van der Waals surface area (Å²) in [6.45, 7) is 0. The average molecular weight is 396 g/mol. The average Bonchev–Trinajstić information content (AvgIpc) is 3.06. The Morgan fingerprint density at radius 2 is 1.46 bits per heavy atom. The van der Waals surface area contributed by atoms with Crippen LogP contribution in [0.4, 0.5) is 8.78 Å². The molecule has 3 aromatic carbocycles. The first-order valence-corrected chi connectivity index (χ1v) is 9.82. The van der Waals surface area contributed by atoms with Gasteiger partial charge in [0.05, 0.1) is 16.1 Å². The summed E-state index contributed by atoms with van der Waals surface area (Å²) in [5.74, 6) is -1.95. The zero-order chi connectivity index (χ0) is 19.7. The molecular weight excluding hydrogens is 382 g/mol. The highest BCUT2D eigenvalue weighted by molar-refractivity contribution is 7.90. The van der Waals surface area contributed by atoms with Crippen LogP contribution in [0, 0.1) is 11.6 Å². The van der Waals surface area contributed by atoms with Crippen LogP contribution in [0.1, 0.15) is 11.3 Å². The van der Waals surface area contributed by atoms with Crippen molar-refractivity contribution in [3.63, 3.8) is 0 Å². The smallest absolute Gasteiger partial charge is 0.207 e. The number of halogens is 2. The van der Waals surface area contributed by atoms with E-state index in [2.05, 4.69) is 5.10 Å². The molecule has 0 fully saturated rings. The van der Waals surface area contributed by atoms with E-state index in [-0.39, 0.29) is 0 Å². The first kappa shape index (κ1) is 18.1. The van der Waals surface area contributed by atoms with E-state index < -0.39 is 26.6 Å². The molecule has 0 amide bonds. The molecule has 0 unspecified atom stereocenters. The van der Waals surface area contributed by atoms with Crippen molar-refractivity contribution in [1.29, 1.82) is 0 Å². The summed E-state index contributed by atoms with van der Waals surface area (Å²) < 4.78 is 53.9. The van der Waals surface area contributed by atoms with Crippen LogP contribution in [-0.4, -0.2) is 17.6 Å². The van der Waals surface area contributed by atoms with E-state index in [1.165, 1.54) is 0 Å². The molecule has 4 aromatic rings. The van der Waals surface area contributed by atoms with Gasteiger partial charge in [-0.3, -0.25) is 0 Å². The van der Waals surface area contributed by atoms with Gasteiger partial charge in [0.2, 0.25) is 0 Å². The van der Waals surface area contributed by atoms with Crippen molar-refractivity contribution in [2.45, 2.75) is 4.90 Å². The Morgan fingerprint density at radius 1 is 0.821 bits per heavy atom. The molecule has 4 nitrogen and oxygen atoms in total. The molecule has 0 saturated carbocycles. The minimum absolute atomic E-state index is 0.319. The molecular formula is C21H14F2N2O2S. The van der Waals surface area contributed by atoms with E-state index in [9.17, 15) is 17.2 Å². The Bertz CT molecular complexity index is 1280. The van der Waals surface area contributed by atoms with Gasteiger partial charge in [0.1, 0.15) is 11.6 Å². The first-order chi connectivity index (χ1) is 13.4. The molecule has 7 heteroatoms. The van der Waals surface area contributed by atoms with Crippen molar-refractivity contribution in [1.82, 2.24) is 9.19 Å². The second kappa shape index (κ2) is 7.01. The Hall–Kier alpha value is -3.32. The van der Waals surface area contributed by atoms with Crippen LogP contribution in [0.25, 0.3) is 23.1 Å². The summed E-state index contributed by atoms with van der Waals surface area (Å²) >= 11 is 0. The predicted molar refractivity (Wildman–Crippen MR) is 104 cm³/mol. The lowest BCUT2D eigenvalue weighted by atomic mass is 10.1. The summed E-state index contributed by atoms with van der Waals surface area (Å²) in [6.07, 6.45) is 3.52. The third kappa shape index (κ3) is 3.32. The van der Waals surface area contributed by atoms with Crippen molar-refractivity contribution in [3.8, 4) is 0 Å². The van der Waals surface area contributed by atoms with Crippen LogP contribution in [0.15, 0.2) is 77.7 Å².